The van der Waals surface area contributed by atoms with Gasteiger partial charge in [0, 0.05) is 50.7 Å². The summed E-state index contributed by atoms with van der Waals surface area (Å²) in [4.78, 5) is 30.1. The molecule has 2 amide bonds. The van der Waals surface area contributed by atoms with E-state index in [9.17, 15) is 14.7 Å². The number of hydrogen-bond donors (Lipinski definition) is 1. The maximum Gasteiger partial charge on any atom is 0.407 e. The summed E-state index contributed by atoms with van der Waals surface area (Å²) < 4.78 is 0. The zero-order chi connectivity index (χ0) is 17.0. The van der Waals surface area contributed by atoms with Gasteiger partial charge in [0.15, 0.2) is 0 Å². The normalized spacial score (nSPS) is 40.5. The Balaban J connectivity index is 1.35. The van der Waals surface area contributed by atoms with Gasteiger partial charge in [0.05, 0.1) is 0 Å². The minimum absolute atomic E-state index is 0.211. The number of piperidine rings is 3. The summed E-state index contributed by atoms with van der Waals surface area (Å²) in [7, 11) is 0. The molecule has 6 atom stereocenters. The molecule has 6 nitrogen and oxygen atoms in total. The van der Waals surface area contributed by atoms with E-state index in [1.54, 1.807) is 4.90 Å². The Labute approximate surface area is 143 Å². The zero-order valence-corrected chi connectivity index (χ0v) is 14.7. The van der Waals surface area contributed by atoms with Gasteiger partial charge < -0.3 is 14.9 Å². The van der Waals surface area contributed by atoms with Gasteiger partial charge in [-0.25, -0.2) is 4.79 Å². The molecule has 2 bridgehead atoms. The predicted octanol–water partition coefficient (Wildman–Crippen LogP) is 1.56. The first kappa shape index (κ1) is 16.2. The summed E-state index contributed by atoms with van der Waals surface area (Å²) >= 11 is 0. The first-order valence-electron chi connectivity index (χ1n) is 9.57. The lowest BCUT2D eigenvalue weighted by Gasteiger charge is -2.51. The summed E-state index contributed by atoms with van der Waals surface area (Å²) in [6.07, 6.45) is 2.42. The molecular weight excluding hydrogens is 306 g/mol. The SMILES string of the molecule is CCN(CC)C(=O)[C@@H]1[C@@H]2CN(C3C[C@@H]4CC[C@H]3CN4C(=O)O)C[C@@H]21. The van der Waals surface area contributed by atoms with Crippen LogP contribution >= 0.6 is 0 Å². The second-order valence-corrected chi connectivity index (χ2v) is 8.05. The summed E-state index contributed by atoms with van der Waals surface area (Å²) in [5, 5.41) is 9.33. The van der Waals surface area contributed by atoms with E-state index in [1.165, 1.54) is 0 Å². The first-order chi connectivity index (χ1) is 11.5. The summed E-state index contributed by atoms with van der Waals surface area (Å²) in [6, 6.07) is 0.749. The summed E-state index contributed by atoms with van der Waals surface area (Å²) in [5.74, 6) is 2.21. The highest BCUT2D eigenvalue weighted by molar-refractivity contribution is 5.82. The molecule has 0 aromatic rings. The van der Waals surface area contributed by atoms with Crippen LogP contribution in [-0.2, 0) is 4.79 Å². The van der Waals surface area contributed by atoms with Crippen LogP contribution in [0.3, 0.4) is 0 Å². The molecule has 0 aromatic heterocycles. The van der Waals surface area contributed by atoms with E-state index in [4.69, 9.17) is 0 Å². The topological polar surface area (TPSA) is 64.1 Å². The fraction of sp³-hybridized carbons (Fsp3) is 0.889. The molecule has 134 valence electrons. The van der Waals surface area contributed by atoms with E-state index in [-0.39, 0.29) is 12.0 Å². The molecule has 0 aromatic carbocycles. The van der Waals surface area contributed by atoms with Crippen LogP contribution in [0.25, 0.3) is 0 Å². The van der Waals surface area contributed by atoms with E-state index in [0.717, 1.165) is 45.4 Å². The molecule has 2 aliphatic carbocycles. The Morgan fingerprint density at radius 1 is 1.08 bits per heavy atom. The molecule has 0 radical (unpaired) electrons. The van der Waals surface area contributed by atoms with Crippen molar-refractivity contribution >= 4 is 12.0 Å². The van der Waals surface area contributed by atoms with Crippen molar-refractivity contribution in [1.82, 2.24) is 14.7 Å². The Morgan fingerprint density at radius 2 is 1.75 bits per heavy atom. The predicted molar refractivity (Wildman–Crippen MR) is 89.6 cm³/mol. The average molecular weight is 335 g/mol. The summed E-state index contributed by atoms with van der Waals surface area (Å²) in [5.41, 5.74) is 0. The van der Waals surface area contributed by atoms with Crippen molar-refractivity contribution < 1.29 is 14.7 Å². The molecule has 3 saturated heterocycles. The quantitative estimate of drug-likeness (QED) is 0.847. The fourth-order valence-electron chi connectivity index (χ4n) is 5.71. The van der Waals surface area contributed by atoms with Gasteiger partial charge >= 0.3 is 6.09 Å². The van der Waals surface area contributed by atoms with Gasteiger partial charge in [-0.3, -0.25) is 9.69 Å². The third-order valence-electron chi connectivity index (χ3n) is 7.10. The third-order valence-corrected chi connectivity index (χ3v) is 7.10. The molecule has 5 rings (SSSR count). The smallest absolute Gasteiger partial charge is 0.407 e. The van der Waals surface area contributed by atoms with Crippen molar-refractivity contribution in [2.75, 3.05) is 32.7 Å². The fourth-order valence-corrected chi connectivity index (χ4v) is 5.71. The second kappa shape index (κ2) is 5.90. The third kappa shape index (κ3) is 2.41. The highest BCUT2D eigenvalue weighted by Gasteiger charge is 2.61. The molecular formula is C18H29N3O3. The van der Waals surface area contributed by atoms with Crippen molar-refractivity contribution in [1.29, 1.82) is 0 Å². The zero-order valence-electron chi connectivity index (χ0n) is 14.7. The number of fused-ring (bicyclic) bond motifs is 4. The Hall–Kier alpha value is -1.30. The molecule has 24 heavy (non-hydrogen) atoms. The van der Waals surface area contributed by atoms with Crippen molar-refractivity contribution in [3.63, 3.8) is 0 Å². The molecule has 3 aliphatic heterocycles. The summed E-state index contributed by atoms with van der Waals surface area (Å²) in [6.45, 7) is 8.53. The number of carbonyl (C=O) groups excluding carboxylic acids is 1. The molecule has 3 heterocycles. The molecule has 5 fully saturated rings. The maximum absolute atomic E-state index is 12.5. The lowest BCUT2D eigenvalue weighted by Crippen LogP contribution is -2.60. The Morgan fingerprint density at radius 3 is 2.25 bits per heavy atom. The molecule has 6 heteroatoms. The van der Waals surface area contributed by atoms with Crippen molar-refractivity contribution in [3.8, 4) is 0 Å². The minimum Gasteiger partial charge on any atom is -0.465 e. The lowest BCUT2D eigenvalue weighted by atomic mass is 9.75. The standard InChI is InChI=1S/C18H29N3O3/c1-3-19(4-2)17(22)16-13-9-20(10-14(13)16)15-7-12-6-5-11(15)8-21(12)18(23)24/h11-16H,3-10H2,1-2H3,(H,23,24)/t11-,12-,13-,14+,15?,16-/m0/s1. The molecule has 1 unspecified atom stereocenters. The van der Waals surface area contributed by atoms with Crippen molar-refractivity contribution in [2.24, 2.45) is 23.7 Å². The van der Waals surface area contributed by atoms with Gasteiger partial charge in [0.2, 0.25) is 5.91 Å². The van der Waals surface area contributed by atoms with Gasteiger partial charge in [-0.15, -0.1) is 0 Å². The number of likely N-dealkylation sites (tertiary alicyclic amines) is 1. The molecule has 2 saturated carbocycles. The largest absolute Gasteiger partial charge is 0.465 e. The molecule has 5 aliphatic rings. The number of carboxylic acid groups (broad SMARTS) is 1. The van der Waals surface area contributed by atoms with Gasteiger partial charge in [-0.05, 0) is 50.9 Å². The lowest BCUT2D eigenvalue weighted by molar-refractivity contribution is -0.133. The average Bonchev–Trinajstić information content (AvgIpc) is 3.09. The van der Waals surface area contributed by atoms with E-state index in [1.807, 2.05) is 4.90 Å². The van der Waals surface area contributed by atoms with Crippen molar-refractivity contribution in [2.45, 2.75) is 45.2 Å². The molecule has 1 N–H and O–H groups in total. The van der Waals surface area contributed by atoms with Gasteiger partial charge in [0.25, 0.3) is 0 Å². The van der Waals surface area contributed by atoms with Crippen LogP contribution in [-0.4, -0.2) is 76.6 Å². The number of carbonyl (C=O) groups is 2. The van der Waals surface area contributed by atoms with Gasteiger partial charge in [-0.1, -0.05) is 0 Å². The van der Waals surface area contributed by atoms with E-state index in [2.05, 4.69) is 18.7 Å². The van der Waals surface area contributed by atoms with Gasteiger partial charge in [0.1, 0.15) is 0 Å². The van der Waals surface area contributed by atoms with E-state index < -0.39 is 6.09 Å². The Bertz CT molecular complexity index is 524. The number of hydrogen-bond acceptors (Lipinski definition) is 3. The Kier molecular flexibility index (Phi) is 3.98. The highest BCUT2D eigenvalue weighted by Crippen LogP contribution is 2.54. The second-order valence-electron chi connectivity index (χ2n) is 8.05. The van der Waals surface area contributed by atoms with Crippen LogP contribution in [0.4, 0.5) is 4.79 Å². The van der Waals surface area contributed by atoms with E-state index >= 15 is 0 Å². The highest BCUT2D eigenvalue weighted by atomic mass is 16.4. The maximum atomic E-state index is 12.5. The first-order valence-corrected chi connectivity index (χ1v) is 9.57. The minimum atomic E-state index is -0.752. The van der Waals surface area contributed by atoms with Crippen LogP contribution in [0, 0.1) is 23.7 Å². The number of rotatable bonds is 4. The van der Waals surface area contributed by atoms with Crippen LogP contribution in [0.2, 0.25) is 0 Å². The number of amides is 2. The monoisotopic (exact) mass is 335 g/mol. The van der Waals surface area contributed by atoms with Crippen LogP contribution in [0.1, 0.15) is 33.1 Å². The van der Waals surface area contributed by atoms with Crippen LogP contribution in [0.15, 0.2) is 0 Å². The molecule has 0 spiro atoms. The van der Waals surface area contributed by atoms with Crippen LogP contribution in [0.5, 0.6) is 0 Å². The van der Waals surface area contributed by atoms with Gasteiger partial charge in [-0.2, -0.15) is 0 Å². The van der Waals surface area contributed by atoms with Crippen molar-refractivity contribution in [3.05, 3.63) is 0 Å². The van der Waals surface area contributed by atoms with E-state index in [0.29, 0.717) is 36.2 Å². The van der Waals surface area contributed by atoms with Crippen LogP contribution < -0.4 is 0 Å². The number of nitrogens with zero attached hydrogens (tertiary/aromatic N) is 3.